The third-order valence-corrected chi connectivity index (χ3v) is 2.88. The minimum absolute atomic E-state index is 0.141. The molecule has 0 amide bonds. The van der Waals surface area contributed by atoms with Gasteiger partial charge >= 0.3 is 12.1 Å². The van der Waals surface area contributed by atoms with Gasteiger partial charge in [0.15, 0.2) is 0 Å². The molecule has 0 saturated carbocycles. The first-order chi connectivity index (χ1) is 9.27. The summed E-state index contributed by atoms with van der Waals surface area (Å²) in [4.78, 5) is 10.8. The summed E-state index contributed by atoms with van der Waals surface area (Å²) in [6.07, 6.45) is -2.73. The van der Waals surface area contributed by atoms with Gasteiger partial charge in [-0.25, -0.2) is 4.79 Å². The second-order valence-corrected chi connectivity index (χ2v) is 4.37. The second-order valence-electron chi connectivity index (χ2n) is 4.37. The summed E-state index contributed by atoms with van der Waals surface area (Å²) in [5.41, 5.74) is 0.737. The van der Waals surface area contributed by atoms with Crippen molar-refractivity contribution in [3.8, 4) is 0 Å². The van der Waals surface area contributed by atoms with Gasteiger partial charge in [-0.15, -0.1) is 0 Å². The zero-order valence-electron chi connectivity index (χ0n) is 10.5. The SMILES string of the molecule is Cc1cc(C(=O)O)ccc1Cn1cc(C(F)(F)F)cn1. The fourth-order valence-corrected chi connectivity index (χ4v) is 1.78. The number of nitrogens with zero attached hydrogens (tertiary/aromatic N) is 2. The lowest BCUT2D eigenvalue weighted by molar-refractivity contribution is -0.137. The van der Waals surface area contributed by atoms with Gasteiger partial charge in [0.05, 0.1) is 23.9 Å². The van der Waals surface area contributed by atoms with E-state index in [-0.39, 0.29) is 12.1 Å². The van der Waals surface area contributed by atoms with E-state index in [9.17, 15) is 18.0 Å². The molecule has 0 fully saturated rings. The van der Waals surface area contributed by atoms with Gasteiger partial charge in [0.25, 0.3) is 0 Å². The van der Waals surface area contributed by atoms with Crippen molar-refractivity contribution in [2.75, 3.05) is 0 Å². The van der Waals surface area contributed by atoms with Crippen LogP contribution in [0.1, 0.15) is 27.0 Å². The third kappa shape index (κ3) is 2.98. The molecule has 4 nitrogen and oxygen atoms in total. The Hall–Kier alpha value is -2.31. The van der Waals surface area contributed by atoms with Gasteiger partial charge in [0.2, 0.25) is 0 Å². The first-order valence-corrected chi connectivity index (χ1v) is 5.70. The Bertz CT molecular complexity index is 647. The molecule has 0 bridgehead atoms. The van der Waals surface area contributed by atoms with Crippen LogP contribution in [0, 0.1) is 6.92 Å². The smallest absolute Gasteiger partial charge is 0.419 e. The Morgan fingerprint density at radius 3 is 2.60 bits per heavy atom. The summed E-state index contributed by atoms with van der Waals surface area (Å²) < 4.78 is 38.5. The van der Waals surface area contributed by atoms with E-state index in [0.29, 0.717) is 11.1 Å². The van der Waals surface area contributed by atoms with E-state index in [2.05, 4.69) is 5.10 Å². The molecule has 0 spiro atoms. The zero-order chi connectivity index (χ0) is 14.9. The van der Waals surface area contributed by atoms with Crippen LogP contribution < -0.4 is 0 Å². The summed E-state index contributed by atoms with van der Waals surface area (Å²) >= 11 is 0. The van der Waals surface area contributed by atoms with Gasteiger partial charge in [-0.1, -0.05) is 6.07 Å². The topological polar surface area (TPSA) is 55.1 Å². The van der Waals surface area contributed by atoms with E-state index in [4.69, 9.17) is 5.11 Å². The molecule has 2 rings (SSSR count). The largest absolute Gasteiger partial charge is 0.478 e. The maximum atomic E-state index is 12.4. The van der Waals surface area contributed by atoms with E-state index >= 15 is 0 Å². The van der Waals surface area contributed by atoms with Crippen molar-refractivity contribution in [2.45, 2.75) is 19.6 Å². The summed E-state index contributed by atoms with van der Waals surface area (Å²) in [7, 11) is 0. The van der Waals surface area contributed by atoms with Crippen LogP contribution in [0.2, 0.25) is 0 Å². The molecule has 1 aromatic carbocycles. The maximum Gasteiger partial charge on any atom is 0.419 e. The Kier molecular flexibility index (Phi) is 3.52. The summed E-state index contributed by atoms with van der Waals surface area (Å²) in [5.74, 6) is -1.04. The van der Waals surface area contributed by atoms with Crippen LogP contribution in [-0.2, 0) is 12.7 Å². The van der Waals surface area contributed by atoms with Crippen molar-refractivity contribution in [1.29, 1.82) is 0 Å². The molecule has 20 heavy (non-hydrogen) atoms. The summed E-state index contributed by atoms with van der Waals surface area (Å²) in [6.45, 7) is 1.86. The highest BCUT2D eigenvalue weighted by Gasteiger charge is 2.32. The lowest BCUT2D eigenvalue weighted by Gasteiger charge is -2.07. The molecule has 0 radical (unpaired) electrons. The highest BCUT2D eigenvalue weighted by atomic mass is 19.4. The molecular weight excluding hydrogens is 273 g/mol. The lowest BCUT2D eigenvalue weighted by atomic mass is 10.1. The van der Waals surface area contributed by atoms with Crippen LogP contribution in [0.25, 0.3) is 0 Å². The Morgan fingerprint density at radius 1 is 1.40 bits per heavy atom. The van der Waals surface area contributed by atoms with Crippen molar-refractivity contribution >= 4 is 5.97 Å². The van der Waals surface area contributed by atoms with Crippen molar-refractivity contribution in [2.24, 2.45) is 0 Å². The summed E-state index contributed by atoms with van der Waals surface area (Å²) in [6, 6.07) is 4.47. The van der Waals surface area contributed by atoms with E-state index in [1.807, 2.05) is 0 Å². The molecule has 0 aliphatic heterocycles. The number of halogens is 3. The number of carboxylic acid groups (broad SMARTS) is 1. The third-order valence-electron chi connectivity index (χ3n) is 2.88. The van der Waals surface area contributed by atoms with Crippen LogP contribution in [0.4, 0.5) is 13.2 Å². The summed E-state index contributed by atoms with van der Waals surface area (Å²) in [5, 5.41) is 12.5. The molecule has 1 aromatic heterocycles. The molecule has 0 aliphatic carbocycles. The fourth-order valence-electron chi connectivity index (χ4n) is 1.78. The zero-order valence-corrected chi connectivity index (χ0v) is 10.5. The van der Waals surface area contributed by atoms with Crippen molar-refractivity contribution in [1.82, 2.24) is 9.78 Å². The molecule has 0 unspecified atom stereocenters. The molecular formula is C13H11F3N2O2. The molecule has 2 aromatic rings. The number of aromatic carboxylic acids is 1. The predicted octanol–water partition coefficient (Wildman–Crippen LogP) is 2.96. The van der Waals surface area contributed by atoms with Crippen LogP contribution in [0.3, 0.4) is 0 Å². The molecule has 7 heteroatoms. The molecule has 1 N–H and O–H groups in total. The van der Waals surface area contributed by atoms with Crippen molar-refractivity contribution in [3.05, 3.63) is 52.8 Å². The van der Waals surface area contributed by atoms with Gasteiger partial charge in [-0.2, -0.15) is 18.3 Å². The van der Waals surface area contributed by atoms with Gasteiger partial charge in [0, 0.05) is 6.20 Å². The molecule has 0 atom stereocenters. The first kappa shape index (κ1) is 14.1. The predicted molar refractivity (Wildman–Crippen MR) is 64.5 cm³/mol. The minimum atomic E-state index is -4.42. The Labute approximate surface area is 112 Å². The highest BCUT2D eigenvalue weighted by Crippen LogP contribution is 2.28. The van der Waals surface area contributed by atoms with Crippen molar-refractivity contribution in [3.63, 3.8) is 0 Å². The standard InChI is InChI=1S/C13H11F3N2O2/c1-8-4-9(12(19)20)2-3-10(8)6-18-7-11(5-17-18)13(14,15)16/h2-5,7H,6H2,1H3,(H,19,20). The quantitative estimate of drug-likeness (QED) is 0.942. The van der Waals surface area contributed by atoms with Gasteiger partial charge in [-0.3, -0.25) is 4.68 Å². The van der Waals surface area contributed by atoms with E-state index in [0.717, 1.165) is 12.4 Å². The molecule has 0 saturated heterocycles. The molecule has 0 aliphatic rings. The van der Waals surface area contributed by atoms with Crippen LogP contribution in [-0.4, -0.2) is 20.9 Å². The second kappa shape index (κ2) is 4.99. The monoisotopic (exact) mass is 284 g/mol. The average Bonchev–Trinajstić information content (AvgIpc) is 2.80. The van der Waals surface area contributed by atoms with Gasteiger partial charge in [-0.05, 0) is 30.2 Å². The highest BCUT2D eigenvalue weighted by molar-refractivity contribution is 5.87. The maximum absolute atomic E-state index is 12.4. The Morgan fingerprint density at radius 2 is 2.10 bits per heavy atom. The Balaban J connectivity index is 2.22. The van der Waals surface area contributed by atoms with Crippen molar-refractivity contribution < 1.29 is 23.1 Å². The number of benzene rings is 1. The number of aryl methyl sites for hydroxylation is 1. The average molecular weight is 284 g/mol. The number of hydrogen-bond donors (Lipinski definition) is 1. The first-order valence-electron chi connectivity index (χ1n) is 5.70. The molecule has 106 valence electrons. The van der Waals surface area contributed by atoms with Gasteiger partial charge in [0.1, 0.15) is 0 Å². The van der Waals surface area contributed by atoms with Crippen LogP contribution >= 0.6 is 0 Å². The van der Waals surface area contributed by atoms with E-state index in [1.165, 1.54) is 16.8 Å². The fraction of sp³-hybridized carbons (Fsp3) is 0.231. The minimum Gasteiger partial charge on any atom is -0.478 e. The number of hydrogen-bond acceptors (Lipinski definition) is 2. The number of carboxylic acids is 1. The van der Waals surface area contributed by atoms with E-state index < -0.39 is 17.7 Å². The number of aromatic nitrogens is 2. The number of alkyl halides is 3. The number of carbonyl (C=O) groups is 1. The lowest BCUT2D eigenvalue weighted by Crippen LogP contribution is -2.05. The normalized spacial score (nSPS) is 11.6. The molecule has 1 heterocycles. The van der Waals surface area contributed by atoms with E-state index in [1.54, 1.807) is 13.0 Å². The van der Waals surface area contributed by atoms with Gasteiger partial charge < -0.3 is 5.11 Å². The van der Waals surface area contributed by atoms with Crippen LogP contribution in [0.15, 0.2) is 30.6 Å². The van der Waals surface area contributed by atoms with Crippen LogP contribution in [0.5, 0.6) is 0 Å². The number of rotatable bonds is 3.